The highest BCUT2D eigenvalue weighted by Gasteiger charge is 2.28. The molecule has 2 aromatic rings. The van der Waals surface area contributed by atoms with Crippen molar-refractivity contribution in [1.29, 1.82) is 5.26 Å². The van der Waals surface area contributed by atoms with Gasteiger partial charge in [0.15, 0.2) is 0 Å². The number of nitrogens with one attached hydrogen (secondary N) is 1. The van der Waals surface area contributed by atoms with Gasteiger partial charge >= 0.3 is 0 Å². The van der Waals surface area contributed by atoms with Gasteiger partial charge in [-0.1, -0.05) is 11.8 Å². The number of carbonyl (C=O) groups excluding carboxylic acids is 1. The number of nitrogens with two attached hydrogens (primary N) is 1. The molecular formula is C22H24N10O. The fraction of sp³-hybridized carbons (Fsp3) is 0.364. The van der Waals surface area contributed by atoms with Crippen LogP contribution < -0.4 is 16.0 Å². The zero-order chi connectivity index (χ0) is 23.2. The minimum absolute atomic E-state index is 0.0747. The molecule has 4 heterocycles. The van der Waals surface area contributed by atoms with Crippen LogP contribution in [0, 0.1) is 30.2 Å². The quantitative estimate of drug-likeness (QED) is 0.259. The van der Waals surface area contributed by atoms with Crippen molar-refractivity contribution in [2.45, 2.75) is 6.92 Å². The molecule has 0 saturated carbocycles. The Kier molecular flexibility index (Phi) is 6.51. The van der Waals surface area contributed by atoms with Crippen LogP contribution >= 0.6 is 0 Å². The molecule has 0 bridgehead atoms. The van der Waals surface area contributed by atoms with Crippen molar-refractivity contribution in [3.05, 3.63) is 41.3 Å². The molecule has 2 aromatic heterocycles. The van der Waals surface area contributed by atoms with Gasteiger partial charge in [0.1, 0.15) is 5.82 Å². The van der Waals surface area contributed by atoms with Crippen molar-refractivity contribution < 1.29 is 4.79 Å². The third kappa shape index (κ3) is 5.10. The van der Waals surface area contributed by atoms with Crippen molar-refractivity contribution in [2.24, 2.45) is 4.99 Å². The van der Waals surface area contributed by atoms with Gasteiger partial charge in [-0.05, 0) is 19.1 Å². The van der Waals surface area contributed by atoms with E-state index in [2.05, 4.69) is 42.0 Å². The molecule has 0 spiro atoms. The molecule has 0 atom stereocenters. The highest BCUT2D eigenvalue weighted by molar-refractivity contribution is 5.88. The predicted molar refractivity (Wildman–Crippen MR) is 123 cm³/mol. The van der Waals surface area contributed by atoms with Crippen LogP contribution in [0.4, 0.5) is 11.8 Å². The first-order valence-electron chi connectivity index (χ1n) is 10.6. The van der Waals surface area contributed by atoms with Gasteiger partial charge in [0, 0.05) is 57.2 Å². The second-order valence-electron chi connectivity index (χ2n) is 7.61. The molecule has 0 radical (unpaired) electrons. The maximum Gasteiger partial charge on any atom is 0.239 e. The van der Waals surface area contributed by atoms with Crippen LogP contribution in [0.25, 0.3) is 0 Å². The van der Waals surface area contributed by atoms with Gasteiger partial charge in [-0.3, -0.25) is 9.78 Å². The largest absolute Gasteiger partial charge is 0.368 e. The fourth-order valence-electron chi connectivity index (χ4n) is 3.84. The summed E-state index contributed by atoms with van der Waals surface area (Å²) in [6, 6.07) is 3.73. The van der Waals surface area contributed by atoms with Gasteiger partial charge in [0.2, 0.25) is 24.0 Å². The van der Waals surface area contributed by atoms with Gasteiger partial charge < -0.3 is 25.8 Å². The predicted octanol–water partition coefficient (Wildman–Crippen LogP) is -0.447. The molecule has 2 aliphatic heterocycles. The number of hydrogen-bond acceptors (Lipinski definition) is 8. The molecule has 0 unspecified atom stereocenters. The summed E-state index contributed by atoms with van der Waals surface area (Å²) in [4.78, 5) is 34.7. The van der Waals surface area contributed by atoms with Crippen molar-refractivity contribution in [3.63, 3.8) is 0 Å². The van der Waals surface area contributed by atoms with Crippen LogP contribution in [0.2, 0.25) is 0 Å². The van der Waals surface area contributed by atoms with Crippen LogP contribution in [0.15, 0.2) is 29.5 Å². The van der Waals surface area contributed by atoms with E-state index < -0.39 is 0 Å². The number of rotatable bonds is 1. The zero-order valence-corrected chi connectivity index (χ0v) is 18.3. The Morgan fingerprint density at radius 1 is 1.18 bits per heavy atom. The summed E-state index contributed by atoms with van der Waals surface area (Å²) in [6.07, 6.45) is 5.28. The zero-order valence-electron chi connectivity index (χ0n) is 18.3. The Bertz CT molecular complexity index is 1150. The van der Waals surface area contributed by atoms with Gasteiger partial charge in [-0.15, -0.1) is 4.99 Å². The van der Waals surface area contributed by atoms with E-state index in [1.54, 1.807) is 12.4 Å². The van der Waals surface area contributed by atoms with Gasteiger partial charge in [-0.25, -0.2) is 4.98 Å². The molecule has 2 saturated heterocycles. The first-order chi connectivity index (χ1) is 16.0. The number of hydrogen-bond donors (Lipinski definition) is 2. The summed E-state index contributed by atoms with van der Waals surface area (Å²) >= 11 is 0. The van der Waals surface area contributed by atoms with Crippen LogP contribution in [-0.2, 0) is 4.79 Å². The van der Waals surface area contributed by atoms with E-state index in [1.807, 2.05) is 35.0 Å². The van der Waals surface area contributed by atoms with E-state index in [9.17, 15) is 10.1 Å². The number of piperazine rings is 2. The topological polar surface area (TPSA) is 140 Å². The molecule has 1 amide bonds. The molecule has 168 valence electrons. The number of guanidine groups is 1. The molecule has 11 nitrogen and oxygen atoms in total. The van der Waals surface area contributed by atoms with Crippen LogP contribution in [0.3, 0.4) is 0 Å². The lowest BCUT2D eigenvalue weighted by Gasteiger charge is -2.41. The van der Waals surface area contributed by atoms with Gasteiger partial charge in [0.25, 0.3) is 0 Å². The summed E-state index contributed by atoms with van der Waals surface area (Å²) in [6.45, 7) is 5.67. The number of nitriles is 1. The van der Waals surface area contributed by atoms with Crippen molar-refractivity contribution in [3.8, 4) is 18.0 Å². The summed E-state index contributed by atoms with van der Waals surface area (Å²) in [5, 5.41) is 12.0. The average Bonchev–Trinajstić information content (AvgIpc) is 2.82. The van der Waals surface area contributed by atoms with E-state index in [0.29, 0.717) is 56.7 Å². The van der Waals surface area contributed by atoms with E-state index in [0.717, 1.165) is 11.1 Å². The normalized spacial score (nSPS) is 16.5. The first-order valence-corrected chi connectivity index (χ1v) is 10.6. The summed E-state index contributed by atoms with van der Waals surface area (Å²) < 4.78 is 0. The number of aromatic nitrogens is 3. The first kappa shape index (κ1) is 21.8. The van der Waals surface area contributed by atoms with Gasteiger partial charge in [0.05, 0.1) is 17.8 Å². The van der Waals surface area contributed by atoms with Gasteiger partial charge in [-0.2, -0.15) is 10.2 Å². The highest BCUT2D eigenvalue weighted by atomic mass is 16.2. The molecular weight excluding hydrogens is 420 g/mol. The number of anilines is 2. The summed E-state index contributed by atoms with van der Waals surface area (Å²) in [5.41, 5.74) is 8.18. The second kappa shape index (κ2) is 9.83. The van der Waals surface area contributed by atoms with E-state index >= 15 is 0 Å². The number of pyridine rings is 1. The average molecular weight is 445 g/mol. The highest BCUT2D eigenvalue weighted by Crippen LogP contribution is 2.23. The van der Waals surface area contributed by atoms with Crippen LogP contribution in [-0.4, -0.2) is 82.4 Å². The Balaban J connectivity index is 1.54. The Morgan fingerprint density at radius 2 is 2.00 bits per heavy atom. The molecule has 3 N–H and O–H groups in total. The fourth-order valence-corrected chi connectivity index (χ4v) is 3.84. The molecule has 0 aliphatic carbocycles. The lowest BCUT2D eigenvalue weighted by Crippen LogP contribution is -2.58. The minimum Gasteiger partial charge on any atom is -0.368 e. The maximum atomic E-state index is 11.8. The summed E-state index contributed by atoms with van der Waals surface area (Å²) in [5.74, 6) is 7.65. The van der Waals surface area contributed by atoms with Crippen molar-refractivity contribution >= 4 is 23.6 Å². The second-order valence-corrected chi connectivity index (χ2v) is 7.61. The van der Waals surface area contributed by atoms with E-state index in [1.165, 1.54) is 0 Å². The van der Waals surface area contributed by atoms with Crippen molar-refractivity contribution in [1.82, 2.24) is 30.1 Å². The molecule has 4 rings (SSSR count). The number of aryl methyl sites for hydroxylation is 1. The molecule has 33 heavy (non-hydrogen) atoms. The molecule has 0 aromatic carbocycles. The van der Waals surface area contributed by atoms with Crippen molar-refractivity contribution in [2.75, 3.05) is 56.4 Å². The van der Waals surface area contributed by atoms with Crippen LogP contribution in [0.1, 0.15) is 16.8 Å². The summed E-state index contributed by atoms with van der Waals surface area (Å²) in [7, 11) is 0. The number of amides is 1. The Labute approximate surface area is 191 Å². The molecule has 2 fully saturated rings. The smallest absolute Gasteiger partial charge is 0.239 e. The third-order valence-corrected chi connectivity index (χ3v) is 5.41. The van der Waals surface area contributed by atoms with Crippen LogP contribution in [0.5, 0.6) is 0 Å². The number of nitrogens with zero attached hydrogens (tertiary/aromatic N) is 8. The lowest BCUT2D eigenvalue weighted by atomic mass is 10.1. The third-order valence-electron chi connectivity index (χ3n) is 5.41. The lowest BCUT2D eigenvalue weighted by molar-refractivity contribution is -0.123. The maximum absolute atomic E-state index is 11.8. The Hall–Kier alpha value is -4.38. The molecule has 11 heteroatoms. The SMILES string of the molecule is Cc1nc(N)nc(N2CCN(C(=NC#N)N3CCNC(=O)C3)CC2)c1C#Cc1cccnc1. The number of nitrogen functional groups attached to an aromatic ring is 1. The number of carbonyl (C=O) groups is 1. The monoisotopic (exact) mass is 444 g/mol. The van der Waals surface area contributed by atoms with E-state index in [-0.39, 0.29) is 18.4 Å². The molecule has 2 aliphatic rings. The minimum atomic E-state index is -0.0747. The Morgan fingerprint density at radius 3 is 2.70 bits per heavy atom. The standard InChI is InChI=1S/C22H24N10O/c1-16-18(5-4-17-3-2-6-25-13-17)20(29-21(24)28-16)30-9-11-31(12-10-30)22(27-15-23)32-8-7-26-19(33)14-32/h2-3,6,13H,7-12,14H2,1H3,(H,26,33)(H2,24,28,29). The van der Waals surface area contributed by atoms with E-state index in [4.69, 9.17) is 5.73 Å². The number of aliphatic imine (C=N–C) groups is 1.